The zero-order valence-corrected chi connectivity index (χ0v) is 12.4. The fourth-order valence-corrected chi connectivity index (χ4v) is 4.85. The highest BCUT2D eigenvalue weighted by atomic mass is 19.1. The predicted octanol–water partition coefficient (Wildman–Crippen LogP) is 2.36. The van der Waals surface area contributed by atoms with E-state index in [0.717, 1.165) is 17.9 Å². The molecular formula is C18H15FN2O2. The van der Waals surface area contributed by atoms with Crippen LogP contribution in [0.5, 0.6) is 0 Å². The largest absolute Gasteiger partial charge is 0.272 e. The van der Waals surface area contributed by atoms with Gasteiger partial charge in [0, 0.05) is 0 Å². The van der Waals surface area contributed by atoms with Gasteiger partial charge < -0.3 is 0 Å². The molecule has 1 spiro atoms. The quantitative estimate of drug-likeness (QED) is 0.478. The van der Waals surface area contributed by atoms with Crippen molar-refractivity contribution in [2.75, 3.05) is 0 Å². The minimum absolute atomic E-state index is 0.179. The SMILES string of the molecule is O=C1[C@@H]2[C@H](C(=O)N1/N=C\c1ccc(F)cc1)[C@@H]1C=C[C@H]2C12CC2. The number of halogens is 1. The summed E-state index contributed by atoms with van der Waals surface area (Å²) in [5.74, 6) is -0.735. The molecular weight excluding hydrogens is 295 g/mol. The highest BCUT2D eigenvalue weighted by Gasteiger charge is 2.73. The van der Waals surface area contributed by atoms with Crippen LogP contribution in [0.25, 0.3) is 0 Å². The van der Waals surface area contributed by atoms with Crippen LogP contribution in [0, 0.1) is 34.9 Å². The first-order valence-corrected chi connectivity index (χ1v) is 7.97. The van der Waals surface area contributed by atoms with Crippen LogP contribution in [0.2, 0.25) is 0 Å². The zero-order valence-electron chi connectivity index (χ0n) is 12.4. The Balaban J connectivity index is 1.43. The van der Waals surface area contributed by atoms with Crippen molar-refractivity contribution in [3.05, 3.63) is 47.8 Å². The van der Waals surface area contributed by atoms with Gasteiger partial charge >= 0.3 is 0 Å². The average molecular weight is 310 g/mol. The number of amides is 2. The maximum Gasteiger partial charge on any atom is 0.254 e. The van der Waals surface area contributed by atoms with Crippen molar-refractivity contribution in [3.8, 4) is 0 Å². The molecule has 2 bridgehead atoms. The normalized spacial score (nSPS) is 35.8. The summed E-state index contributed by atoms with van der Waals surface area (Å²) in [6, 6.07) is 5.78. The third-order valence-corrected chi connectivity index (χ3v) is 6.02. The van der Waals surface area contributed by atoms with E-state index in [4.69, 9.17) is 0 Å². The summed E-state index contributed by atoms with van der Waals surface area (Å²) in [4.78, 5) is 25.4. The number of hydrogen-bond acceptors (Lipinski definition) is 3. The Morgan fingerprint density at radius 1 is 1.04 bits per heavy atom. The summed E-state index contributed by atoms with van der Waals surface area (Å²) in [5, 5.41) is 5.12. The monoisotopic (exact) mass is 310 g/mol. The lowest BCUT2D eigenvalue weighted by Crippen LogP contribution is -2.30. The minimum atomic E-state index is -0.331. The Morgan fingerprint density at radius 2 is 1.61 bits per heavy atom. The Kier molecular flexibility index (Phi) is 2.38. The van der Waals surface area contributed by atoms with E-state index < -0.39 is 0 Å². The van der Waals surface area contributed by atoms with Crippen molar-refractivity contribution < 1.29 is 14.0 Å². The van der Waals surface area contributed by atoms with Crippen molar-refractivity contribution >= 4 is 18.0 Å². The fraction of sp³-hybridized carbons (Fsp3) is 0.389. The van der Waals surface area contributed by atoms with E-state index in [-0.39, 0.29) is 46.7 Å². The molecule has 4 atom stereocenters. The van der Waals surface area contributed by atoms with Crippen LogP contribution in [-0.2, 0) is 9.59 Å². The number of allylic oxidation sites excluding steroid dienone is 2. The van der Waals surface area contributed by atoms with E-state index in [0.29, 0.717) is 5.56 Å². The Bertz CT molecular complexity index is 745. The molecule has 0 unspecified atom stereocenters. The van der Waals surface area contributed by atoms with Crippen molar-refractivity contribution in [2.45, 2.75) is 12.8 Å². The minimum Gasteiger partial charge on any atom is -0.272 e. The fourth-order valence-electron chi connectivity index (χ4n) is 4.85. The average Bonchev–Trinajstić information content (AvgIpc) is 3.15. The van der Waals surface area contributed by atoms with Gasteiger partial charge in [0.05, 0.1) is 18.1 Å². The molecule has 1 aromatic rings. The summed E-state index contributed by atoms with van der Waals surface area (Å²) >= 11 is 0. The lowest BCUT2D eigenvalue weighted by Gasteiger charge is -2.18. The Hall–Kier alpha value is -2.30. The van der Waals surface area contributed by atoms with Gasteiger partial charge in [-0.25, -0.2) is 4.39 Å². The van der Waals surface area contributed by atoms with Crippen LogP contribution < -0.4 is 0 Å². The lowest BCUT2D eigenvalue weighted by molar-refractivity contribution is -0.141. The number of hydrazone groups is 1. The smallest absolute Gasteiger partial charge is 0.254 e. The number of rotatable bonds is 2. The summed E-state index contributed by atoms with van der Waals surface area (Å²) < 4.78 is 12.9. The highest BCUT2D eigenvalue weighted by molar-refractivity contribution is 6.07. The summed E-state index contributed by atoms with van der Waals surface area (Å²) in [5.41, 5.74) is 0.858. The summed E-state index contributed by atoms with van der Waals surface area (Å²) in [7, 11) is 0. The standard InChI is InChI=1S/C18H15FN2O2/c19-11-3-1-10(2-4-11)9-20-21-16(22)14-12-5-6-13(15(14)17(21)23)18(12)7-8-18/h1-6,9,12-15H,7-8H2/b20-9-/t12-,13+,14+,15-. The number of benzene rings is 1. The number of nitrogens with zero attached hydrogens (tertiary/aromatic N) is 2. The van der Waals surface area contributed by atoms with Gasteiger partial charge in [-0.15, -0.1) is 0 Å². The van der Waals surface area contributed by atoms with Crippen LogP contribution in [0.1, 0.15) is 18.4 Å². The van der Waals surface area contributed by atoms with Crippen LogP contribution >= 0.6 is 0 Å². The molecule has 3 aliphatic carbocycles. The van der Waals surface area contributed by atoms with Gasteiger partial charge in [0.1, 0.15) is 5.82 Å². The van der Waals surface area contributed by atoms with E-state index in [1.54, 1.807) is 12.1 Å². The van der Waals surface area contributed by atoms with E-state index in [1.165, 1.54) is 18.3 Å². The molecule has 2 amide bonds. The summed E-state index contributed by atoms with van der Waals surface area (Å²) in [6.07, 6.45) is 7.97. The molecule has 0 radical (unpaired) electrons. The zero-order chi connectivity index (χ0) is 15.8. The van der Waals surface area contributed by atoms with E-state index >= 15 is 0 Å². The number of carbonyl (C=O) groups excluding carboxylic acids is 2. The second-order valence-corrected chi connectivity index (χ2v) is 7.01. The van der Waals surface area contributed by atoms with Crippen molar-refractivity contribution in [2.24, 2.45) is 34.2 Å². The molecule has 4 nitrogen and oxygen atoms in total. The van der Waals surface area contributed by atoms with Gasteiger partial charge in [-0.2, -0.15) is 10.1 Å². The maximum atomic E-state index is 12.9. The highest BCUT2D eigenvalue weighted by Crippen LogP contribution is 2.73. The molecule has 1 aromatic carbocycles. The molecule has 0 aromatic heterocycles. The number of imide groups is 1. The molecule has 2 saturated carbocycles. The van der Waals surface area contributed by atoms with Gasteiger partial charge in [-0.3, -0.25) is 9.59 Å². The van der Waals surface area contributed by atoms with Crippen LogP contribution in [0.3, 0.4) is 0 Å². The maximum absolute atomic E-state index is 12.9. The molecule has 5 heteroatoms. The molecule has 1 aliphatic heterocycles. The Labute approximate surface area is 132 Å². The third kappa shape index (κ3) is 1.57. The van der Waals surface area contributed by atoms with Crippen LogP contribution in [-0.4, -0.2) is 23.0 Å². The van der Waals surface area contributed by atoms with E-state index in [9.17, 15) is 14.0 Å². The van der Waals surface area contributed by atoms with Crippen LogP contribution in [0.15, 0.2) is 41.5 Å². The first-order chi connectivity index (χ1) is 11.1. The second kappa shape index (κ2) is 4.16. The van der Waals surface area contributed by atoms with Crippen LogP contribution in [0.4, 0.5) is 4.39 Å². The van der Waals surface area contributed by atoms with Gasteiger partial charge in [0.15, 0.2) is 0 Å². The Morgan fingerprint density at radius 3 is 2.13 bits per heavy atom. The number of carbonyl (C=O) groups is 2. The van der Waals surface area contributed by atoms with Crippen molar-refractivity contribution in [1.82, 2.24) is 5.01 Å². The van der Waals surface area contributed by atoms with E-state index in [2.05, 4.69) is 17.3 Å². The second-order valence-electron chi connectivity index (χ2n) is 7.01. The summed E-state index contributed by atoms with van der Waals surface area (Å²) in [6.45, 7) is 0. The number of hydrogen-bond donors (Lipinski definition) is 0. The van der Waals surface area contributed by atoms with Crippen molar-refractivity contribution in [1.29, 1.82) is 0 Å². The number of fused-ring (bicyclic) bond motifs is 3. The van der Waals surface area contributed by atoms with Gasteiger partial charge in [0.25, 0.3) is 11.8 Å². The van der Waals surface area contributed by atoms with Crippen molar-refractivity contribution in [3.63, 3.8) is 0 Å². The molecule has 3 fully saturated rings. The molecule has 5 rings (SSSR count). The molecule has 1 heterocycles. The first-order valence-electron chi connectivity index (χ1n) is 7.97. The van der Waals surface area contributed by atoms with E-state index in [1.807, 2.05) is 0 Å². The molecule has 116 valence electrons. The first kappa shape index (κ1) is 13.2. The molecule has 23 heavy (non-hydrogen) atoms. The topological polar surface area (TPSA) is 49.7 Å². The molecule has 1 saturated heterocycles. The molecule has 4 aliphatic rings. The lowest BCUT2D eigenvalue weighted by atomic mass is 9.85. The third-order valence-electron chi connectivity index (χ3n) is 6.02. The molecule has 0 N–H and O–H groups in total. The predicted molar refractivity (Wildman–Crippen MR) is 80.6 cm³/mol. The van der Waals surface area contributed by atoms with Gasteiger partial charge in [0.2, 0.25) is 0 Å². The van der Waals surface area contributed by atoms with Gasteiger partial charge in [-0.05, 0) is 47.8 Å². The van der Waals surface area contributed by atoms with Gasteiger partial charge in [-0.1, -0.05) is 24.3 Å².